The van der Waals surface area contributed by atoms with Crippen molar-refractivity contribution in [3.05, 3.63) is 26.9 Å². The number of hydrogen-bond acceptors (Lipinski definition) is 1. The molecule has 0 aliphatic heterocycles. The summed E-state index contributed by atoms with van der Waals surface area (Å²) in [6.45, 7) is 3.92. The van der Waals surface area contributed by atoms with Crippen molar-refractivity contribution in [2.45, 2.75) is 19.9 Å². The van der Waals surface area contributed by atoms with Gasteiger partial charge in [0, 0.05) is 15.0 Å². The van der Waals surface area contributed by atoms with E-state index in [0.717, 1.165) is 0 Å². The second kappa shape index (κ2) is 5.93. The van der Waals surface area contributed by atoms with Gasteiger partial charge in [-0.05, 0) is 54.1 Å². The van der Waals surface area contributed by atoms with Gasteiger partial charge in [0.05, 0.1) is 5.69 Å². The molecule has 1 rings (SSSR count). The monoisotopic (exact) mass is 368 g/mol. The molecular weight excluding hydrogens is 359 g/mol. The quantitative estimate of drug-likeness (QED) is 0.769. The van der Waals surface area contributed by atoms with Crippen LogP contribution in [0.3, 0.4) is 0 Å². The topological polar surface area (TPSA) is 24.1 Å². The van der Waals surface area contributed by atoms with E-state index in [1.165, 1.54) is 6.07 Å². The Balaban J connectivity index is 2.85. The Kier molecular flexibility index (Phi) is 5.14. The van der Waals surface area contributed by atoms with Gasteiger partial charge in [-0.3, -0.25) is 0 Å². The fourth-order valence-corrected chi connectivity index (χ4v) is 2.68. The van der Waals surface area contributed by atoms with Gasteiger partial charge in [0.2, 0.25) is 0 Å². The van der Waals surface area contributed by atoms with Crippen molar-refractivity contribution in [2.75, 3.05) is 5.32 Å². The first-order chi connectivity index (χ1) is 7.40. The van der Waals surface area contributed by atoms with Crippen LogP contribution in [0.25, 0.3) is 0 Å². The lowest BCUT2D eigenvalue weighted by Gasteiger charge is -2.14. The molecule has 0 aliphatic rings. The Hall–Kier alpha value is -0.200. The van der Waals surface area contributed by atoms with E-state index in [9.17, 15) is 4.39 Å². The van der Waals surface area contributed by atoms with Crippen molar-refractivity contribution in [3.8, 4) is 0 Å². The van der Waals surface area contributed by atoms with Crippen LogP contribution >= 0.6 is 44.1 Å². The van der Waals surface area contributed by atoms with Gasteiger partial charge in [0.25, 0.3) is 0 Å². The third-order valence-corrected chi connectivity index (χ3v) is 2.97. The molecule has 6 heteroatoms. The van der Waals surface area contributed by atoms with E-state index in [1.807, 2.05) is 13.8 Å². The molecule has 0 radical (unpaired) electrons. The van der Waals surface area contributed by atoms with Gasteiger partial charge in [-0.15, -0.1) is 0 Å². The Morgan fingerprint density at radius 3 is 2.50 bits per heavy atom. The van der Waals surface area contributed by atoms with Crippen LogP contribution in [0.5, 0.6) is 0 Å². The molecule has 16 heavy (non-hydrogen) atoms. The Bertz CT molecular complexity index is 387. The van der Waals surface area contributed by atoms with E-state index >= 15 is 0 Å². The van der Waals surface area contributed by atoms with E-state index in [-0.39, 0.29) is 11.9 Å². The highest BCUT2D eigenvalue weighted by molar-refractivity contribution is 9.11. The third kappa shape index (κ3) is 3.99. The average Bonchev–Trinajstić information content (AvgIpc) is 2.09. The number of nitrogens with one attached hydrogen (secondary N) is 2. The van der Waals surface area contributed by atoms with Crippen molar-refractivity contribution in [1.29, 1.82) is 0 Å². The standard InChI is InChI=1S/C10H11Br2FN2S/c1-5(2)14-10(16)15-9-7(12)3-6(11)4-8(9)13/h3-5H,1-2H3,(H2,14,15,16). The Morgan fingerprint density at radius 2 is 2.00 bits per heavy atom. The van der Waals surface area contributed by atoms with Crippen molar-refractivity contribution in [1.82, 2.24) is 5.32 Å². The molecule has 0 bridgehead atoms. The molecule has 2 N–H and O–H groups in total. The highest BCUT2D eigenvalue weighted by Crippen LogP contribution is 2.29. The summed E-state index contributed by atoms with van der Waals surface area (Å²) in [6, 6.07) is 3.34. The molecule has 1 aromatic carbocycles. The van der Waals surface area contributed by atoms with Gasteiger partial charge in [-0.25, -0.2) is 4.39 Å². The molecule has 0 fully saturated rings. The fourth-order valence-electron chi connectivity index (χ4n) is 1.07. The summed E-state index contributed by atoms with van der Waals surface area (Å²) < 4.78 is 14.9. The summed E-state index contributed by atoms with van der Waals surface area (Å²) in [6.07, 6.45) is 0. The SMILES string of the molecule is CC(C)NC(=S)Nc1c(F)cc(Br)cc1Br. The van der Waals surface area contributed by atoms with Crippen molar-refractivity contribution in [2.24, 2.45) is 0 Å². The maximum atomic E-state index is 13.6. The largest absolute Gasteiger partial charge is 0.360 e. The predicted molar refractivity (Wildman–Crippen MR) is 76.3 cm³/mol. The maximum absolute atomic E-state index is 13.6. The van der Waals surface area contributed by atoms with Crippen molar-refractivity contribution < 1.29 is 4.39 Å². The summed E-state index contributed by atoms with van der Waals surface area (Å²) >= 11 is 11.5. The number of anilines is 1. The van der Waals surface area contributed by atoms with Crippen LogP contribution in [0.1, 0.15) is 13.8 Å². The van der Waals surface area contributed by atoms with Crippen LogP contribution in [0.15, 0.2) is 21.1 Å². The molecule has 0 saturated heterocycles. The predicted octanol–water partition coefficient (Wildman–Crippen LogP) is 4.05. The van der Waals surface area contributed by atoms with Gasteiger partial charge >= 0.3 is 0 Å². The smallest absolute Gasteiger partial charge is 0.171 e. The molecule has 0 aliphatic carbocycles. The fraction of sp³-hybridized carbons (Fsp3) is 0.300. The van der Waals surface area contributed by atoms with Crippen LogP contribution in [0.2, 0.25) is 0 Å². The minimum atomic E-state index is -0.367. The summed E-state index contributed by atoms with van der Waals surface area (Å²) in [5.74, 6) is -0.367. The van der Waals surface area contributed by atoms with Gasteiger partial charge in [-0.1, -0.05) is 15.9 Å². The molecule has 0 spiro atoms. The minimum absolute atomic E-state index is 0.206. The number of thiocarbonyl (C=S) groups is 1. The highest BCUT2D eigenvalue weighted by atomic mass is 79.9. The molecular formula is C10H11Br2FN2S. The first kappa shape index (κ1) is 13.9. The van der Waals surface area contributed by atoms with Crippen LogP contribution < -0.4 is 10.6 Å². The van der Waals surface area contributed by atoms with Crippen molar-refractivity contribution >= 4 is 54.9 Å². The summed E-state index contributed by atoms with van der Waals surface area (Å²) in [7, 11) is 0. The van der Waals surface area contributed by atoms with Gasteiger partial charge in [0.15, 0.2) is 5.11 Å². The molecule has 0 aromatic heterocycles. The number of halogens is 3. The minimum Gasteiger partial charge on any atom is -0.360 e. The van der Waals surface area contributed by atoms with E-state index in [0.29, 0.717) is 19.7 Å². The third-order valence-electron chi connectivity index (χ3n) is 1.67. The number of benzene rings is 1. The summed E-state index contributed by atoms with van der Waals surface area (Å²) in [5, 5.41) is 6.20. The Morgan fingerprint density at radius 1 is 1.38 bits per heavy atom. The highest BCUT2D eigenvalue weighted by Gasteiger charge is 2.10. The van der Waals surface area contributed by atoms with E-state index in [2.05, 4.69) is 42.5 Å². The second-order valence-corrected chi connectivity index (χ2v) is 5.68. The zero-order chi connectivity index (χ0) is 12.3. The molecule has 0 heterocycles. The summed E-state index contributed by atoms with van der Waals surface area (Å²) in [5.41, 5.74) is 0.335. The van der Waals surface area contributed by atoms with Gasteiger partial charge in [-0.2, -0.15) is 0 Å². The summed E-state index contributed by atoms with van der Waals surface area (Å²) in [4.78, 5) is 0. The van der Waals surface area contributed by atoms with Crippen LogP contribution in [-0.2, 0) is 0 Å². The zero-order valence-electron chi connectivity index (χ0n) is 8.77. The van der Waals surface area contributed by atoms with Gasteiger partial charge < -0.3 is 10.6 Å². The van der Waals surface area contributed by atoms with Crippen molar-refractivity contribution in [3.63, 3.8) is 0 Å². The normalized spacial score (nSPS) is 10.4. The van der Waals surface area contributed by atoms with E-state index in [4.69, 9.17) is 12.2 Å². The number of hydrogen-bond donors (Lipinski definition) is 2. The lowest BCUT2D eigenvalue weighted by molar-refractivity contribution is 0.630. The van der Waals surface area contributed by atoms with Crippen LogP contribution in [0, 0.1) is 5.82 Å². The lowest BCUT2D eigenvalue weighted by atomic mass is 10.3. The zero-order valence-corrected chi connectivity index (χ0v) is 12.8. The van der Waals surface area contributed by atoms with E-state index in [1.54, 1.807) is 6.07 Å². The first-order valence-electron chi connectivity index (χ1n) is 4.62. The maximum Gasteiger partial charge on any atom is 0.171 e. The molecule has 0 unspecified atom stereocenters. The molecule has 88 valence electrons. The average molecular weight is 370 g/mol. The van der Waals surface area contributed by atoms with Gasteiger partial charge in [0.1, 0.15) is 5.82 Å². The lowest BCUT2D eigenvalue weighted by Crippen LogP contribution is -2.34. The number of rotatable bonds is 2. The Labute approximate surface area is 116 Å². The molecule has 0 saturated carbocycles. The molecule has 0 amide bonds. The molecule has 2 nitrogen and oxygen atoms in total. The molecule has 1 aromatic rings. The van der Waals surface area contributed by atoms with E-state index < -0.39 is 0 Å². The first-order valence-corrected chi connectivity index (χ1v) is 6.61. The van der Waals surface area contributed by atoms with Crippen LogP contribution in [0.4, 0.5) is 10.1 Å². The van der Waals surface area contributed by atoms with Crippen LogP contribution in [-0.4, -0.2) is 11.2 Å². The second-order valence-electron chi connectivity index (χ2n) is 3.50. The molecule has 0 atom stereocenters.